The van der Waals surface area contributed by atoms with Crippen LogP contribution in [0.4, 0.5) is 10.1 Å². The zero-order valence-electron chi connectivity index (χ0n) is 25.5. The topological polar surface area (TPSA) is 85.6 Å². The molecule has 0 aliphatic carbocycles. The van der Waals surface area contributed by atoms with Crippen molar-refractivity contribution in [3.8, 4) is 28.0 Å². The number of carbonyl (C=O) groups is 1. The van der Waals surface area contributed by atoms with E-state index >= 15 is 4.39 Å². The van der Waals surface area contributed by atoms with Crippen LogP contribution >= 0.6 is 11.6 Å². The maximum absolute atomic E-state index is 15.7. The van der Waals surface area contributed by atoms with Crippen LogP contribution in [0.5, 0.6) is 5.75 Å². The number of nitrogens with zero attached hydrogens (tertiary/aromatic N) is 3. The normalized spacial score (nSPS) is 15.3. The lowest BCUT2D eigenvalue weighted by Crippen LogP contribution is -2.40. The van der Waals surface area contributed by atoms with Crippen LogP contribution in [-0.4, -0.2) is 39.6 Å². The van der Waals surface area contributed by atoms with Crippen molar-refractivity contribution in [1.29, 1.82) is 0 Å². The zero-order valence-corrected chi connectivity index (χ0v) is 26.3. The Morgan fingerprint density at radius 1 is 1.07 bits per heavy atom. The Hall–Kier alpha value is -4.21. The Balaban J connectivity index is 1.48. The fourth-order valence-corrected chi connectivity index (χ4v) is 6.21. The second kappa shape index (κ2) is 12.8. The smallest absolute Gasteiger partial charge is 0.330 e. The van der Waals surface area contributed by atoms with E-state index in [2.05, 4.69) is 17.1 Å². The first-order chi connectivity index (χ1) is 21.0. The SMILES string of the molecule is COc1cc(-c2cccc(-c3cccc(NC(=O)c4cn(C)c(=O)n(C)c4=O)c3C)c2Cl)cc(F)c1CN1CCCC[C@H]1C. The average Bonchev–Trinajstić information content (AvgIpc) is 3.01. The van der Waals surface area contributed by atoms with Crippen LogP contribution in [0.2, 0.25) is 5.02 Å². The van der Waals surface area contributed by atoms with Crippen LogP contribution in [0.25, 0.3) is 22.3 Å². The quantitative estimate of drug-likeness (QED) is 0.268. The van der Waals surface area contributed by atoms with Gasteiger partial charge in [-0.1, -0.05) is 48.4 Å². The van der Waals surface area contributed by atoms with E-state index in [0.29, 0.717) is 51.3 Å². The molecule has 0 unspecified atom stereocenters. The number of hydrogen-bond acceptors (Lipinski definition) is 5. The Labute approximate surface area is 260 Å². The third kappa shape index (κ3) is 5.94. The van der Waals surface area contributed by atoms with Gasteiger partial charge in [-0.25, -0.2) is 9.18 Å². The number of aryl methyl sites for hydroxylation is 1. The molecule has 4 aromatic rings. The number of likely N-dealkylation sites (tertiary alicyclic amines) is 1. The minimum Gasteiger partial charge on any atom is -0.496 e. The molecule has 1 atom stereocenters. The molecule has 1 N–H and O–H groups in total. The first kappa shape index (κ1) is 31.2. The number of benzene rings is 3. The van der Waals surface area contributed by atoms with Crippen LogP contribution in [0, 0.1) is 12.7 Å². The van der Waals surface area contributed by atoms with E-state index < -0.39 is 17.2 Å². The highest BCUT2D eigenvalue weighted by molar-refractivity contribution is 6.36. The van der Waals surface area contributed by atoms with Crippen molar-refractivity contribution in [2.45, 2.75) is 45.7 Å². The molecule has 230 valence electrons. The van der Waals surface area contributed by atoms with E-state index in [1.165, 1.54) is 37.3 Å². The van der Waals surface area contributed by atoms with Crippen molar-refractivity contribution in [3.63, 3.8) is 0 Å². The third-order valence-corrected chi connectivity index (χ3v) is 8.96. The Morgan fingerprint density at radius 2 is 1.77 bits per heavy atom. The van der Waals surface area contributed by atoms with Crippen molar-refractivity contribution in [3.05, 3.63) is 103 Å². The molecular weight excluding hydrogens is 583 g/mol. The number of halogens is 2. The highest BCUT2D eigenvalue weighted by Gasteiger charge is 2.23. The van der Waals surface area contributed by atoms with Gasteiger partial charge in [0.25, 0.3) is 11.5 Å². The van der Waals surface area contributed by atoms with Crippen molar-refractivity contribution in [2.24, 2.45) is 14.1 Å². The second-order valence-electron chi connectivity index (χ2n) is 11.4. The van der Waals surface area contributed by atoms with Gasteiger partial charge in [-0.2, -0.15) is 0 Å². The van der Waals surface area contributed by atoms with E-state index in [0.717, 1.165) is 35.1 Å². The predicted octanol–water partition coefficient (Wildman–Crippen LogP) is 6.15. The van der Waals surface area contributed by atoms with Crippen LogP contribution in [-0.2, 0) is 20.6 Å². The number of aromatic nitrogens is 2. The molecule has 1 amide bonds. The molecule has 10 heteroatoms. The minimum atomic E-state index is -0.686. The summed E-state index contributed by atoms with van der Waals surface area (Å²) in [7, 11) is 4.35. The molecule has 1 saturated heterocycles. The molecule has 1 aliphatic rings. The number of nitrogens with one attached hydrogen (secondary N) is 1. The summed E-state index contributed by atoms with van der Waals surface area (Å²) in [5.41, 5.74) is 3.05. The Kier molecular flexibility index (Phi) is 9.08. The van der Waals surface area contributed by atoms with Crippen LogP contribution in [0.1, 0.15) is 47.7 Å². The van der Waals surface area contributed by atoms with Crippen molar-refractivity contribution in [1.82, 2.24) is 14.0 Å². The minimum absolute atomic E-state index is 0.159. The molecule has 3 aromatic carbocycles. The summed E-state index contributed by atoms with van der Waals surface area (Å²) in [4.78, 5) is 40.1. The van der Waals surface area contributed by atoms with Gasteiger partial charge in [-0.3, -0.25) is 19.1 Å². The molecule has 0 spiro atoms. The molecule has 1 aromatic heterocycles. The number of amides is 1. The summed E-state index contributed by atoms with van der Waals surface area (Å²) < 4.78 is 23.4. The van der Waals surface area contributed by atoms with Crippen molar-refractivity contribution < 1.29 is 13.9 Å². The Bertz CT molecular complexity index is 1870. The van der Waals surface area contributed by atoms with Crippen molar-refractivity contribution >= 4 is 23.2 Å². The van der Waals surface area contributed by atoms with Crippen molar-refractivity contribution in [2.75, 3.05) is 19.0 Å². The van der Waals surface area contributed by atoms with Gasteiger partial charge in [0.15, 0.2) is 0 Å². The summed E-state index contributed by atoms with van der Waals surface area (Å²) in [6.45, 7) is 5.43. The molecule has 1 fully saturated rings. The number of rotatable bonds is 7. The summed E-state index contributed by atoms with van der Waals surface area (Å²) >= 11 is 7.00. The highest BCUT2D eigenvalue weighted by atomic mass is 35.5. The molecule has 0 bridgehead atoms. The van der Waals surface area contributed by atoms with Gasteiger partial charge in [0, 0.05) is 55.3 Å². The number of piperidine rings is 1. The van der Waals surface area contributed by atoms with Gasteiger partial charge in [0.05, 0.1) is 12.1 Å². The molecular formula is C34H36ClFN4O4. The fourth-order valence-electron chi connectivity index (χ4n) is 5.88. The zero-order chi connectivity index (χ0) is 31.7. The lowest BCUT2D eigenvalue weighted by molar-refractivity contribution is 0.102. The highest BCUT2D eigenvalue weighted by Crippen LogP contribution is 2.41. The Morgan fingerprint density at radius 3 is 2.50 bits per heavy atom. The maximum Gasteiger partial charge on any atom is 0.330 e. The molecule has 2 heterocycles. The van der Waals surface area contributed by atoms with E-state index in [4.69, 9.17) is 16.3 Å². The molecule has 1 aliphatic heterocycles. The average molecular weight is 619 g/mol. The third-order valence-electron chi connectivity index (χ3n) is 8.55. The summed E-state index contributed by atoms with van der Waals surface area (Å²) in [6, 6.07) is 14.7. The van der Waals surface area contributed by atoms with E-state index in [1.54, 1.807) is 19.2 Å². The van der Waals surface area contributed by atoms with E-state index in [-0.39, 0.29) is 11.4 Å². The van der Waals surface area contributed by atoms with Gasteiger partial charge < -0.3 is 14.6 Å². The summed E-state index contributed by atoms with van der Waals surface area (Å²) in [6.07, 6.45) is 4.62. The fraction of sp³-hybridized carbons (Fsp3) is 0.324. The molecule has 5 rings (SSSR count). The maximum atomic E-state index is 15.7. The lowest BCUT2D eigenvalue weighted by Gasteiger charge is -2.33. The van der Waals surface area contributed by atoms with Gasteiger partial charge in [0.2, 0.25) is 0 Å². The summed E-state index contributed by atoms with van der Waals surface area (Å²) in [5, 5.41) is 3.22. The predicted molar refractivity (Wildman–Crippen MR) is 172 cm³/mol. The number of anilines is 1. The van der Waals surface area contributed by atoms with Crippen LogP contribution in [0.15, 0.2) is 64.3 Å². The van der Waals surface area contributed by atoms with E-state index in [1.807, 2.05) is 37.3 Å². The number of methoxy groups -OCH3 is 1. The van der Waals surface area contributed by atoms with Gasteiger partial charge in [-0.05, 0) is 68.1 Å². The largest absolute Gasteiger partial charge is 0.496 e. The molecule has 0 radical (unpaired) electrons. The standard InChI is InChI=1S/C34H36ClFN4O4/c1-20-10-6-7-15-40(20)19-26-28(36)16-22(17-30(26)44-5)24-12-8-13-25(31(24)35)23-11-9-14-29(21(23)2)37-32(41)27-18-38(3)34(43)39(4)33(27)42/h8-9,11-14,16-18,20H,6-7,10,15,19H2,1-5H3,(H,37,41)/t20-/m1/s1. The molecule has 0 saturated carbocycles. The van der Waals surface area contributed by atoms with Gasteiger partial charge in [-0.15, -0.1) is 0 Å². The summed E-state index contributed by atoms with van der Waals surface area (Å²) in [5.74, 6) is -0.503. The lowest BCUT2D eigenvalue weighted by atomic mass is 9.94. The second-order valence-corrected chi connectivity index (χ2v) is 11.7. The first-order valence-electron chi connectivity index (χ1n) is 14.6. The van der Waals surface area contributed by atoms with Gasteiger partial charge in [0.1, 0.15) is 17.1 Å². The van der Waals surface area contributed by atoms with Crippen LogP contribution in [0.3, 0.4) is 0 Å². The number of ether oxygens (including phenoxy) is 1. The number of hydrogen-bond donors (Lipinski definition) is 1. The van der Waals surface area contributed by atoms with E-state index in [9.17, 15) is 14.4 Å². The van der Waals surface area contributed by atoms with Crippen LogP contribution < -0.4 is 21.3 Å². The molecule has 44 heavy (non-hydrogen) atoms. The number of carbonyl (C=O) groups excluding carboxylic acids is 1. The molecule has 8 nitrogen and oxygen atoms in total. The first-order valence-corrected chi connectivity index (χ1v) is 15.0. The monoisotopic (exact) mass is 618 g/mol. The van der Waals surface area contributed by atoms with Gasteiger partial charge >= 0.3 is 5.69 Å².